The van der Waals surface area contributed by atoms with E-state index in [1.165, 1.54) is 18.7 Å². The van der Waals surface area contributed by atoms with Crippen molar-refractivity contribution < 1.29 is 0 Å². The van der Waals surface area contributed by atoms with Crippen molar-refractivity contribution in [2.24, 2.45) is 0 Å². The molecule has 1 aliphatic rings. The lowest BCUT2D eigenvalue weighted by Gasteiger charge is -2.34. The fourth-order valence-electron chi connectivity index (χ4n) is 3.29. The maximum atomic E-state index is 6.42. The Hall–Kier alpha value is -1.06. The highest BCUT2D eigenvalue weighted by Gasteiger charge is 2.34. The average molecular weight is 292 g/mol. The standard InChI is InChI=1S/C16H22ClN3/c1-3-10-20-14-12(17)6-4-7-13(14)19-15(20)16(2)8-5-9-18-11-16/h4,6-7,18H,3,5,8-11H2,1-2H3. The minimum Gasteiger partial charge on any atom is -0.326 e. The number of piperidine rings is 1. The normalized spacial score (nSPS) is 23.4. The molecule has 3 nitrogen and oxygen atoms in total. The monoisotopic (exact) mass is 291 g/mol. The summed E-state index contributed by atoms with van der Waals surface area (Å²) in [4.78, 5) is 4.93. The number of nitrogens with one attached hydrogen (secondary N) is 1. The molecule has 3 rings (SSSR count). The van der Waals surface area contributed by atoms with Crippen LogP contribution >= 0.6 is 11.6 Å². The van der Waals surface area contributed by atoms with E-state index in [9.17, 15) is 0 Å². The van der Waals surface area contributed by atoms with Gasteiger partial charge in [-0.15, -0.1) is 0 Å². The third kappa shape index (κ3) is 2.23. The molecule has 0 saturated carbocycles. The van der Waals surface area contributed by atoms with Crippen molar-refractivity contribution >= 4 is 22.6 Å². The van der Waals surface area contributed by atoms with Crippen molar-refractivity contribution in [3.63, 3.8) is 0 Å². The maximum Gasteiger partial charge on any atom is 0.117 e. The van der Waals surface area contributed by atoms with Gasteiger partial charge in [0.15, 0.2) is 0 Å². The number of halogens is 1. The Morgan fingerprint density at radius 2 is 2.30 bits per heavy atom. The van der Waals surface area contributed by atoms with Crippen LogP contribution in [0.4, 0.5) is 0 Å². The van der Waals surface area contributed by atoms with Crippen LogP contribution in [0.15, 0.2) is 18.2 Å². The van der Waals surface area contributed by atoms with Crippen LogP contribution in [-0.2, 0) is 12.0 Å². The summed E-state index contributed by atoms with van der Waals surface area (Å²) in [7, 11) is 0. The summed E-state index contributed by atoms with van der Waals surface area (Å²) in [5.41, 5.74) is 2.22. The van der Waals surface area contributed by atoms with E-state index in [4.69, 9.17) is 16.6 Å². The molecule has 20 heavy (non-hydrogen) atoms. The van der Waals surface area contributed by atoms with Crippen molar-refractivity contribution in [1.82, 2.24) is 14.9 Å². The van der Waals surface area contributed by atoms with Crippen LogP contribution in [0, 0.1) is 0 Å². The highest BCUT2D eigenvalue weighted by Crippen LogP contribution is 2.34. The molecular weight excluding hydrogens is 270 g/mol. The fourth-order valence-corrected chi connectivity index (χ4v) is 3.56. The minimum absolute atomic E-state index is 0.107. The number of fused-ring (bicyclic) bond motifs is 1. The van der Waals surface area contributed by atoms with Crippen molar-refractivity contribution in [3.05, 3.63) is 29.0 Å². The molecule has 2 aromatic rings. The molecule has 1 fully saturated rings. The second-order valence-corrected chi connectivity index (χ2v) is 6.44. The quantitative estimate of drug-likeness (QED) is 0.933. The lowest BCUT2D eigenvalue weighted by Crippen LogP contribution is -2.42. The number of imidazole rings is 1. The van der Waals surface area contributed by atoms with Gasteiger partial charge in [0.25, 0.3) is 0 Å². The summed E-state index contributed by atoms with van der Waals surface area (Å²) in [6.45, 7) is 7.61. The SMILES string of the molecule is CCCn1c(C2(C)CCCNC2)nc2cccc(Cl)c21. The predicted molar refractivity (Wildman–Crippen MR) is 84.5 cm³/mol. The maximum absolute atomic E-state index is 6.42. The Labute approximate surface area is 125 Å². The molecule has 1 atom stereocenters. The molecule has 0 spiro atoms. The van der Waals surface area contributed by atoms with Gasteiger partial charge in [-0.3, -0.25) is 0 Å². The summed E-state index contributed by atoms with van der Waals surface area (Å²) in [5.74, 6) is 1.19. The number of hydrogen-bond donors (Lipinski definition) is 1. The van der Waals surface area contributed by atoms with Crippen molar-refractivity contribution in [1.29, 1.82) is 0 Å². The van der Waals surface area contributed by atoms with E-state index in [1.54, 1.807) is 0 Å². The van der Waals surface area contributed by atoms with E-state index in [0.717, 1.165) is 42.1 Å². The number of rotatable bonds is 3. The summed E-state index contributed by atoms with van der Waals surface area (Å²) >= 11 is 6.42. The van der Waals surface area contributed by atoms with Crippen LogP contribution in [0.3, 0.4) is 0 Å². The third-order valence-corrected chi connectivity index (χ3v) is 4.61. The first-order chi connectivity index (χ1) is 9.65. The van der Waals surface area contributed by atoms with E-state index in [-0.39, 0.29) is 5.41 Å². The zero-order valence-corrected chi connectivity index (χ0v) is 13.0. The van der Waals surface area contributed by atoms with Gasteiger partial charge in [0.2, 0.25) is 0 Å². The molecule has 1 aromatic carbocycles. The Balaban J connectivity index is 2.19. The van der Waals surface area contributed by atoms with Crippen molar-refractivity contribution in [3.8, 4) is 0 Å². The smallest absolute Gasteiger partial charge is 0.117 e. The van der Waals surface area contributed by atoms with Gasteiger partial charge in [-0.25, -0.2) is 4.98 Å². The van der Waals surface area contributed by atoms with Gasteiger partial charge < -0.3 is 9.88 Å². The predicted octanol–water partition coefficient (Wildman–Crippen LogP) is 3.74. The Morgan fingerprint density at radius 3 is 3.00 bits per heavy atom. The molecule has 0 radical (unpaired) electrons. The van der Waals surface area contributed by atoms with Crippen LogP contribution < -0.4 is 5.32 Å². The van der Waals surface area contributed by atoms with Crippen LogP contribution in [0.1, 0.15) is 38.9 Å². The Kier molecular flexibility index (Phi) is 3.74. The van der Waals surface area contributed by atoms with Crippen LogP contribution in [-0.4, -0.2) is 22.6 Å². The van der Waals surface area contributed by atoms with Crippen molar-refractivity contribution in [2.75, 3.05) is 13.1 Å². The number of aromatic nitrogens is 2. The van der Waals surface area contributed by atoms with Gasteiger partial charge in [-0.2, -0.15) is 0 Å². The van der Waals surface area contributed by atoms with E-state index in [2.05, 4.69) is 29.8 Å². The Morgan fingerprint density at radius 1 is 1.45 bits per heavy atom. The average Bonchev–Trinajstić information content (AvgIpc) is 2.81. The number of hydrogen-bond acceptors (Lipinski definition) is 2. The van der Waals surface area contributed by atoms with E-state index >= 15 is 0 Å². The van der Waals surface area contributed by atoms with Gasteiger partial charge in [0.05, 0.1) is 16.1 Å². The molecule has 0 aliphatic carbocycles. The molecule has 1 saturated heterocycles. The number of benzene rings is 1. The molecule has 1 N–H and O–H groups in total. The third-order valence-electron chi connectivity index (χ3n) is 4.30. The molecule has 2 heterocycles. The van der Waals surface area contributed by atoms with E-state index < -0.39 is 0 Å². The first-order valence-electron chi connectivity index (χ1n) is 7.51. The molecule has 0 bridgehead atoms. The molecule has 108 valence electrons. The zero-order valence-electron chi connectivity index (χ0n) is 12.2. The van der Waals surface area contributed by atoms with E-state index in [0.29, 0.717) is 0 Å². The first-order valence-corrected chi connectivity index (χ1v) is 7.89. The second kappa shape index (κ2) is 5.38. The second-order valence-electron chi connectivity index (χ2n) is 6.04. The molecule has 1 unspecified atom stereocenters. The summed E-state index contributed by atoms with van der Waals surface area (Å²) < 4.78 is 2.34. The summed E-state index contributed by atoms with van der Waals surface area (Å²) in [5, 5.41) is 4.32. The fraction of sp³-hybridized carbons (Fsp3) is 0.562. The number of nitrogens with zero attached hydrogens (tertiary/aromatic N) is 2. The first kappa shape index (κ1) is 13.9. The Bertz CT molecular complexity index is 611. The number of para-hydroxylation sites is 1. The zero-order chi connectivity index (χ0) is 14.2. The molecule has 0 amide bonds. The van der Waals surface area contributed by atoms with Gasteiger partial charge in [0.1, 0.15) is 5.82 Å². The minimum atomic E-state index is 0.107. The highest BCUT2D eigenvalue weighted by atomic mass is 35.5. The molecular formula is C16H22ClN3. The largest absolute Gasteiger partial charge is 0.326 e. The topological polar surface area (TPSA) is 29.9 Å². The van der Waals surface area contributed by atoms with Crippen LogP contribution in [0.5, 0.6) is 0 Å². The van der Waals surface area contributed by atoms with Gasteiger partial charge in [-0.05, 0) is 37.9 Å². The van der Waals surface area contributed by atoms with Gasteiger partial charge >= 0.3 is 0 Å². The lowest BCUT2D eigenvalue weighted by molar-refractivity contribution is 0.314. The van der Waals surface area contributed by atoms with Gasteiger partial charge in [-0.1, -0.05) is 31.5 Å². The summed E-state index contributed by atoms with van der Waals surface area (Å²) in [6.07, 6.45) is 3.48. The van der Waals surface area contributed by atoms with Crippen LogP contribution in [0.2, 0.25) is 5.02 Å². The van der Waals surface area contributed by atoms with E-state index in [1.807, 2.05) is 12.1 Å². The molecule has 4 heteroatoms. The van der Waals surface area contributed by atoms with Gasteiger partial charge in [0, 0.05) is 18.5 Å². The highest BCUT2D eigenvalue weighted by molar-refractivity contribution is 6.35. The number of aryl methyl sites for hydroxylation is 1. The summed E-state index contributed by atoms with van der Waals surface area (Å²) in [6, 6.07) is 6.01. The molecule has 1 aliphatic heterocycles. The van der Waals surface area contributed by atoms with Crippen molar-refractivity contribution in [2.45, 2.75) is 45.1 Å². The lowest BCUT2D eigenvalue weighted by atomic mass is 9.82. The van der Waals surface area contributed by atoms with Crippen LogP contribution in [0.25, 0.3) is 11.0 Å². The molecule has 1 aromatic heterocycles.